The Morgan fingerprint density at radius 2 is 1.97 bits per heavy atom. The second-order valence-electron chi connectivity index (χ2n) is 7.82. The molecule has 0 aliphatic rings. The Hall–Kier alpha value is -4.11. The van der Waals surface area contributed by atoms with Crippen LogP contribution in [0, 0.1) is 6.92 Å². The molecule has 0 amide bonds. The van der Waals surface area contributed by atoms with Gasteiger partial charge in [0.25, 0.3) is 0 Å². The van der Waals surface area contributed by atoms with E-state index in [0.717, 1.165) is 23.0 Å². The lowest BCUT2D eigenvalue weighted by Gasteiger charge is -2.22. The molecule has 4 aromatic rings. The minimum atomic E-state index is -1.21. The van der Waals surface area contributed by atoms with Crippen molar-refractivity contribution in [2.24, 2.45) is 0 Å². The number of rotatable bonds is 11. The molecule has 1 unspecified atom stereocenters. The fourth-order valence-corrected chi connectivity index (χ4v) is 4.19. The number of hydrogen-bond donors (Lipinski definition) is 2. The molecule has 180 valence electrons. The maximum Gasteiger partial charge on any atom is 0.357 e. The second kappa shape index (κ2) is 10.9. The van der Waals surface area contributed by atoms with E-state index in [-0.39, 0.29) is 24.4 Å². The highest BCUT2D eigenvalue weighted by Crippen LogP contribution is 2.38. The van der Waals surface area contributed by atoms with Crippen LogP contribution in [0.3, 0.4) is 0 Å². The molecule has 2 aromatic heterocycles. The predicted molar refractivity (Wildman–Crippen MR) is 129 cm³/mol. The smallest absolute Gasteiger partial charge is 0.357 e. The van der Waals surface area contributed by atoms with Crippen LogP contribution in [0.2, 0.25) is 0 Å². The predicted octanol–water partition coefficient (Wildman–Crippen LogP) is 5.97. The van der Waals surface area contributed by atoms with Crippen LogP contribution in [0.4, 0.5) is 0 Å². The summed E-state index contributed by atoms with van der Waals surface area (Å²) in [5.74, 6) is -1.20. The van der Waals surface area contributed by atoms with E-state index >= 15 is 0 Å². The lowest BCUT2D eigenvalue weighted by atomic mass is 9.99. The molecule has 35 heavy (non-hydrogen) atoms. The third kappa shape index (κ3) is 6.07. The zero-order chi connectivity index (χ0) is 24.8. The quantitative estimate of drug-likeness (QED) is 0.262. The Labute approximate surface area is 205 Å². The van der Waals surface area contributed by atoms with Gasteiger partial charge in [0.2, 0.25) is 5.89 Å². The van der Waals surface area contributed by atoms with Gasteiger partial charge in [-0.05, 0) is 59.0 Å². The fourth-order valence-electron chi connectivity index (χ4n) is 3.54. The van der Waals surface area contributed by atoms with E-state index in [2.05, 4.69) is 4.98 Å². The number of ether oxygens (including phenoxy) is 2. The molecule has 2 N–H and O–H groups in total. The molecule has 0 radical (unpaired) electrons. The van der Waals surface area contributed by atoms with Gasteiger partial charge in [0.15, 0.2) is 5.69 Å². The summed E-state index contributed by atoms with van der Waals surface area (Å²) in [4.78, 5) is 26.7. The molecule has 1 atom stereocenters. The second-order valence-corrected chi connectivity index (χ2v) is 8.60. The summed E-state index contributed by atoms with van der Waals surface area (Å²) in [5.41, 5.74) is 3.03. The van der Waals surface area contributed by atoms with Gasteiger partial charge < -0.3 is 24.1 Å². The maximum atomic E-state index is 11.3. The standard InChI is InChI=1S/C26H23NO7S/c1-16-4-2-3-5-19(16)22(8-9-24(28)29)34-23-12-18(32-13-17-10-11-35-15-17)6-7-20(23)25-27-21(14-33-25)26(30)31/h2-7,10-12,14-15,22H,8-9,13H2,1H3,(H,28,29)(H,30,31). The lowest BCUT2D eigenvalue weighted by Crippen LogP contribution is -2.12. The van der Waals surface area contributed by atoms with Crippen LogP contribution in [0.25, 0.3) is 11.5 Å². The first kappa shape index (κ1) is 24.0. The van der Waals surface area contributed by atoms with E-state index in [4.69, 9.17) is 13.9 Å². The molecule has 0 aliphatic heterocycles. The van der Waals surface area contributed by atoms with E-state index in [1.54, 1.807) is 29.5 Å². The van der Waals surface area contributed by atoms with Crippen LogP contribution in [0.15, 0.2) is 70.0 Å². The molecule has 8 nitrogen and oxygen atoms in total. The van der Waals surface area contributed by atoms with E-state index in [1.165, 1.54) is 0 Å². The first-order chi connectivity index (χ1) is 16.9. The number of aromatic carboxylic acids is 1. The first-order valence-electron chi connectivity index (χ1n) is 10.8. The molecule has 0 fully saturated rings. The van der Waals surface area contributed by atoms with Crippen molar-refractivity contribution in [2.45, 2.75) is 32.5 Å². The minimum absolute atomic E-state index is 0.0727. The van der Waals surface area contributed by atoms with Gasteiger partial charge in [0, 0.05) is 12.5 Å². The highest BCUT2D eigenvalue weighted by Gasteiger charge is 2.22. The van der Waals surface area contributed by atoms with Crippen LogP contribution in [0.1, 0.15) is 46.1 Å². The number of aromatic nitrogens is 1. The molecule has 2 heterocycles. The summed E-state index contributed by atoms with van der Waals surface area (Å²) in [5, 5.41) is 22.5. The van der Waals surface area contributed by atoms with Gasteiger partial charge in [-0.3, -0.25) is 4.79 Å². The molecule has 0 bridgehead atoms. The van der Waals surface area contributed by atoms with Crippen molar-refractivity contribution in [1.29, 1.82) is 0 Å². The number of benzene rings is 2. The summed E-state index contributed by atoms with van der Waals surface area (Å²) in [6, 6.07) is 14.6. The van der Waals surface area contributed by atoms with Crippen molar-refractivity contribution >= 4 is 23.3 Å². The number of aliphatic carboxylic acids is 1. The average Bonchev–Trinajstić information content (AvgIpc) is 3.53. The molecule has 0 saturated heterocycles. The number of carboxylic acid groups (broad SMARTS) is 2. The number of carboxylic acids is 2. The zero-order valence-electron chi connectivity index (χ0n) is 18.8. The molecule has 4 rings (SSSR count). The fraction of sp³-hybridized carbons (Fsp3) is 0.192. The Balaban J connectivity index is 1.70. The van der Waals surface area contributed by atoms with Gasteiger partial charge >= 0.3 is 11.9 Å². The SMILES string of the molecule is Cc1ccccc1C(CCC(=O)O)Oc1cc(OCc2ccsc2)ccc1-c1nc(C(=O)O)co1. The van der Waals surface area contributed by atoms with Crippen molar-refractivity contribution in [3.8, 4) is 23.0 Å². The first-order valence-corrected chi connectivity index (χ1v) is 11.8. The van der Waals surface area contributed by atoms with Crippen molar-refractivity contribution in [3.63, 3.8) is 0 Å². The van der Waals surface area contributed by atoms with Crippen molar-refractivity contribution in [3.05, 3.63) is 87.9 Å². The van der Waals surface area contributed by atoms with Crippen LogP contribution < -0.4 is 9.47 Å². The van der Waals surface area contributed by atoms with Gasteiger partial charge in [-0.2, -0.15) is 11.3 Å². The molecule has 0 aliphatic carbocycles. The highest BCUT2D eigenvalue weighted by molar-refractivity contribution is 7.07. The number of nitrogens with zero attached hydrogens (tertiary/aromatic N) is 1. The van der Waals surface area contributed by atoms with Gasteiger partial charge in [-0.15, -0.1) is 0 Å². The summed E-state index contributed by atoms with van der Waals surface area (Å²) in [7, 11) is 0. The number of aryl methyl sites for hydroxylation is 1. The Bertz CT molecular complexity index is 1310. The minimum Gasteiger partial charge on any atom is -0.489 e. The average molecular weight is 494 g/mol. The Morgan fingerprint density at radius 3 is 2.66 bits per heavy atom. The van der Waals surface area contributed by atoms with Gasteiger partial charge in [0.1, 0.15) is 30.5 Å². The van der Waals surface area contributed by atoms with E-state index in [9.17, 15) is 19.8 Å². The summed E-state index contributed by atoms with van der Waals surface area (Å²) in [6.45, 7) is 2.30. The Kier molecular flexibility index (Phi) is 7.47. The lowest BCUT2D eigenvalue weighted by molar-refractivity contribution is -0.137. The maximum absolute atomic E-state index is 11.3. The van der Waals surface area contributed by atoms with Gasteiger partial charge in [-0.1, -0.05) is 24.3 Å². The number of oxazole rings is 1. The van der Waals surface area contributed by atoms with Gasteiger partial charge in [-0.25, -0.2) is 9.78 Å². The molecule has 0 spiro atoms. The molecule has 0 saturated carbocycles. The van der Waals surface area contributed by atoms with Crippen molar-refractivity contribution < 1.29 is 33.7 Å². The van der Waals surface area contributed by atoms with E-state index < -0.39 is 18.0 Å². The zero-order valence-corrected chi connectivity index (χ0v) is 19.7. The third-order valence-electron chi connectivity index (χ3n) is 5.32. The van der Waals surface area contributed by atoms with Crippen LogP contribution >= 0.6 is 11.3 Å². The molecule has 2 aromatic carbocycles. The van der Waals surface area contributed by atoms with E-state index in [1.807, 2.05) is 48.0 Å². The highest BCUT2D eigenvalue weighted by atomic mass is 32.1. The number of carbonyl (C=O) groups is 2. The summed E-state index contributed by atoms with van der Waals surface area (Å²) < 4.78 is 17.7. The molecular weight excluding hydrogens is 470 g/mol. The number of thiophene rings is 1. The monoisotopic (exact) mass is 493 g/mol. The van der Waals surface area contributed by atoms with Crippen molar-refractivity contribution in [2.75, 3.05) is 0 Å². The largest absolute Gasteiger partial charge is 0.489 e. The molecule has 9 heteroatoms. The number of hydrogen-bond acceptors (Lipinski definition) is 7. The van der Waals surface area contributed by atoms with Crippen LogP contribution in [0.5, 0.6) is 11.5 Å². The topological polar surface area (TPSA) is 119 Å². The van der Waals surface area contributed by atoms with E-state index in [0.29, 0.717) is 23.7 Å². The Morgan fingerprint density at radius 1 is 1.14 bits per heavy atom. The van der Waals surface area contributed by atoms with Gasteiger partial charge in [0.05, 0.1) is 5.56 Å². The normalized spacial score (nSPS) is 11.7. The third-order valence-corrected chi connectivity index (χ3v) is 6.05. The summed E-state index contributed by atoms with van der Waals surface area (Å²) in [6.07, 6.45) is 0.620. The van der Waals surface area contributed by atoms with Crippen molar-refractivity contribution in [1.82, 2.24) is 4.98 Å². The molecular formula is C26H23NO7S. The van der Waals surface area contributed by atoms with Crippen LogP contribution in [-0.4, -0.2) is 27.1 Å². The summed E-state index contributed by atoms with van der Waals surface area (Å²) >= 11 is 1.58. The van der Waals surface area contributed by atoms with Crippen LogP contribution in [-0.2, 0) is 11.4 Å².